The van der Waals surface area contributed by atoms with Crippen molar-refractivity contribution >= 4 is 11.0 Å². The number of nitrogens with one attached hydrogen (secondary N) is 1. The maximum absolute atomic E-state index is 4.63. The smallest absolute Gasteiger partial charge is 0.0930 e. The third-order valence-corrected chi connectivity index (χ3v) is 4.86. The molecule has 0 atom stereocenters. The first-order valence-corrected chi connectivity index (χ1v) is 8.39. The Morgan fingerprint density at radius 3 is 2.78 bits per heavy atom. The van der Waals surface area contributed by atoms with Crippen molar-refractivity contribution in [1.29, 1.82) is 0 Å². The van der Waals surface area contributed by atoms with Gasteiger partial charge in [0.1, 0.15) is 0 Å². The standard InChI is InChI=1S/C19H22N4/c1-14-6-10-23(11-7-14)13-16-18(15-4-2-8-20-12-15)22-17-5-3-9-21-19(16)17/h2-5,8-9,12,14,22H,6-7,10-11,13H2,1H3. The molecule has 4 rings (SSSR count). The van der Waals surface area contributed by atoms with Crippen molar-refractivity contribution < 1.29 is 0 Å². The average Bonchev–Trinajstić information content (AvgIpc) is 2.96. The van der Waals surface area contributed by atoms with Crippen LogP contribution in [0.1, 0.15) is 25.3 Å². The van der Waals surface area contributed by atoms with Crippen LogP contribution in [0.15, 0.2) is 42.9 Å². The second-order valence-corrected chi connectivity index (χ2v) is 6.58. The molecule has 0 bridgehead atoms. The molecule has 1 N–H and O–H groups in total. The Labute approximate surface area is 136 Å². The van der Waals surface area contributed by atoms with E-state index in [-0.39, 0.29) is 0 Å². The Morgan fingerprint density at radius 2 is 2.00 bits per heavy atom. The lowest BCUT2D eigenvalue weighted by Crippen LogP contribution is -2.32. The predicted octanol–water partition coefficient (Wildman–Crippen LogP) is 3.86. The van der Waals surface area contributed by atoms with Gasteiger partial charge in [0.25, 0.3) is 0 Å². The van der Waals surface area contributed by atoms with Crippen LogP contribution in [0.2, 0.25) is 0 Å². The van der Waals surface area contributed by atoms with Crippen LogP contribution in [0, 0.1) is 5.92 Å². The molecular formula is C19H22N4. The lowest BCUT2D eigenvalue weighted by molar-refractivity contribution is 0.186. The van der Waals surface area contributed by atoms with Gasteiger partial charge in [-0.1, -0.05) is 6.92 Å². The summed E-state index contributed by atoms with van der Waals surface area (Å²) in [5, 5.41) is 0. The number of fused-ring (bicyclic) bond motifs is 1. The van der Waals surface area contributed by atoms with Gasteiger partial charge in [-0.05, 0) is 56.1 Å². The molecule has 0 unspecified atom stereocenters. The zero-order valence-corrected chi connectivity index (χ0v) is 13.5. The minimum Gasteiger partial charge on any atom is -0.353 e. The molecule has 1 saturated heterocycles. The third kappa shape index (κ3) is 2.86. The van der Waals surface area contributed by atoms with Gasteiger partial charge in [0.05, 0.1) is 16.7 Å². The van der Waals surface area contributed by atoms with Crippen molar-refractivity contribution in [2.75, 3.05) is 13.1 Å². The van der Waals surface area contributed by atoms with Crippen molar-refractivity contribution in [3.8, 4) is 11.3 Å². The highest BCUT2D eigenvalue weighted by Crippen LogP contribution is 2.30. The molecule has 4 nitrogen and oxygen atoms in total. The van der Waals surface area contributed by atoms with Crippen LogP contribution in [-0.4, -0.2) is 32.9 Å². The van der Waals surface area contributed by atoms with Crippen LogP contribution in [0.25, 0.3) is 22.3 Å². The quantitative estimate of drug-likeness (QED) is 0.799. The first kappa shape index (κ1) is 14.4. The number of hydrogen-bond donors (Lipinski definition) is 1. The van der Waals surface area contributed by atoms with E-state index in [1.165, 1.54) is 31.5 Å². The second-order valence-electron chi connectivity index (χ2n) is 6.58. The van der Waals surface area contributed by atoms with E-state index >= 15 is 0 Å². The molecule has 23 heavy (non-hydrogen) atoms. The van der Waals surface area contributed by atoms with Crippen molar-refractivity contribution in [2.24, 2.45) is 5.92 Å². The molecule has 0 amide bonds. The molecule has 0 radical (unpaired) electrons. The van der Waals surface area contributed by atoms with E-state index < -0.39 is 0 Å². The number of nitrogens with zero attached hydrogens (tertiary/aromatic N) is 3. The summed E-state index contributed by atoms with van der Waals surface area (Å²) < 4.78 is 0. The van der Waals surface area contributed by atoms with Gasteiger partial charge >= 0.3 is 0 Å². The van der Waals surface area contributed by atoms with Crippen molar-refractivity contribution in [1.82, 2.24) is 19.9 Å². The van der Waals surface area contributed by atoms with Gasteiger partial charge in [-0.3, -0.25) is 14.9 Å². The molecule has 118 valence electrons. The zero-order valence-electron chi connectivity index (χ0n) is 13.5. The topological polar surface area (TPSA) is 44.8 Å². The van der Waals surface area contributed by atoms with Gasteiger partial charge in [0, 0.05) is 36.3 Å². The zero-order chi connectivity index (χ0) is 15.6. The Morgan fingerprint density at radius 1 is 1.17 bits per heavy atom. The lowest BCUT2D eigenvalue weighted by atomic mass is 9.98. The van der Waals surface area contributed by atoms with Crippen LogP contribution in [0.3, 0.4) is 0 Å². The number of aromatic nitrogens is 3. The summed E-state index contributed by atoms with van der Waals surface area (Å²) in [5.41, 5.74) is 5.77. The Balaban J connectivity index is 1.74. The fourth-order valence-electron chi connectivity index (χ4n) is 3.43. The highest BCUT2D eigenvalue weighted by atomic mass is 15.1. The monoisotopic (exact) mass is 306 g/mol. The highest BCUT2D eigenvalue weighted by molar-refractivity contribution is 5.87. The maximum atomic E-state index is 4.63. The van der Waals surface area contributed by atoms with E-state index in [1.54, 1.807) is 0 Å². The van der Waals surface area contributed by atoms with Gasteiger partial charge < -0.3 is 4.98 Å². The maximum Gasteiger partial charge on any atom is 0.0930 e. The van der Waals surface area contributed by atoms with Gasteiger partial charge in [0.15, 0.2) is 0 Å². The molecule has 0 aliphatic carbocycles. The molecule has 1 aliphatic rings. The van der Waals surface area contributed by atoms with E-state index in [0.717, 1.165) is 34.8 Å². The van der Waals surface area contributed by atoms with Gasteiger partial charge in [-0.15, -0.1) is 0 Å². The number of piperidine rings is 1. The molecule has 3 aromatic heterocycles. The predicted molar refractivity (Wildman–Crippen MR) is 93.0 cm³/mol. The van der Waals surface area contributed by atoms with Gasteiger partial charge in [-0.2, -0.15) is 0 Å². The summed E-state index contributed by atoms with van der Waals surface area (Å²) in [6, 6.07) is 8.18. The van der Waals surface area contributed by atoms with Crippen LogP contribution in [0.5, 0.6) is 0 Å². The number of likely N-dealkylation sites (tertiary alicyclic amines) is 1. The fraction of sp³-hybridized carbons (Fsp3) is 0.368. The Kier molecular flexibility index (Phi) is 3.83. The molecule has 1 fully saturated rings. The summed E-state index contributed by atoms with van der Waals surface area (Å²) in [6.45, 7) is 5.65. The minimum absolute atomic E-state index is 0.852. The molecule has 4 heterocycles. The molecule has 1 aliphatic heterocycles. The lowest BCUT2D eigenvalue weighted by Gasteiger charge is -2.30. The third-order valence-electron chi connectivity index (χ3n) is 4.86. The van der Waals surface area contributed by atoms with Gasteiger partial charge in [-0.25, -0.2) is 0 Å². The first-order valence-electron chi connectivity index (χ1n) is 8.39. The van der Waals surface area contributed by atoms with E-state index in [4.69, 9.17) is 0 Å². The van der Waals surface area contributed by atoms with E-state index in [2.05, 4.69) is 38.9 Å². The van der Waals surface area contributed by atoms with Crippen molar-refractivity contribution in [3.63, 3.8) is 0 Å². The minimum atomic E-state index is 0.852. The number of H-pyrrole nitrogens is 1. The number of aromatic amines is 1. The highest BCUT2D eigenvalue weighted by Gasteiger charge is 2.20. The van der Waals surface area contributed by atoms with E-state index in [1.807, 2.05) is 30.7 Å². The van der Waals surface area contributed by atoms with Gasteiger partial charge in [0.2, 0.25) is 0 Å². The van der Waals surface area contributed by atoms with Crippen LogP contribution in [0.4, 0.5) is 0 Å². The fourth-order valence-corrected chi connectivity index (χ4v) is 3.43. The van der Waals surface area contributed by atoms with E-state index in [9.17, 15) is 0 Å². The molecule has 0 saturated carbocycles. The van der Waals surface area contributed by atoms with Crippen molar-refractivity contribution in [3.05, 3.63) is 48.4 Å². The van der Waals surface area contributed by atoms with Crippen LogP contribution in [-0.2, 0) is 6.54 Å². The number of hydrogen-bond acceptors (Lipinski definition) is 3. The summed E-state index contributed by atoms with van der Waals surface area (Å²) in [7, 11) is 0. The van der Waals surface area contributed by atoms with Crippen molar-refractivity contribution in [2.45, 2.75) is 26.3 Å². The Hall–Kier alpha value is -2.20. The molecular weight excluding hydrogens is 284 g/mol. The summed E-state index contributed by atoms with van der Waals surface area (Å²) in [4.78, 5) is 15.0. The van der Waals surface area contributed by atoms with E-state index in [0.29, 0.717) is 0 Å². The molecule has 0 aromatic carbocycles. The summed E-state index contributed by atoms with van der Waals surface area (Å²) >= 11 is 0. The molecule has 3 aromatic rings. The number of rotatable bonds is 3. The molecule has 0 spiro atoms. The SMILES string of the molecule is CC1CCN(Cc2c(-c3cccnc3)[nH]c3cccnc23)CC1. The average molecular weight is 306 g/mol. The summed E-state index contributed by atoms with van der Waals surface area (Å²) in [5.74, 6) is 0.852. The molecule has 4 heteroatoms. The largest absolute Gasteiger partial charge is 0.353 e. The van der Waals surface area contributed by atoms with Crippen LogP contribution >= 0.6 is 0 Å². The summed E-state index contributed by atoms with van der Waals surface area (Å²) in [6.07, 6.45) is 8.20. The first-order chi connectivity index (χ1) is 11.3. The number of pyridine rings is 2. The normalized spacial score (nSPS) is 16.9. The van der Waals surface area contributed by atoms with Crippen LogP contribution < -0.4 is 0 Å². The Bertz CT molecular complexity index is 785. The second kappa shape index (κ2) is 6.13.